The molecule has 5 nitrogen and oxygen atoms in total. The topological polar surface area (TPSA) is 65.1 Å². The molecule has 2 heterocycles. The van der Waals surface area contributed by atoms with E-state index in [1.165, 1.54) is 5.69 Å². The van der Waals surface area contributed by atoms with E-state index in [-0.39, 0.29) is 12.0 Å². The molecule has 1 aliphatic rings. The predicted octanol–water partition coefficient (Wildman–Crippen LogP) is 2.38. The van der Waals surface area contributed by atoms with Crippen LogP contribution in [0.3, 0.4) is 0 Å². The number of aliphatic hydroxyl groups is 1. The molecule has 1 N–H and O–H groups in total. The number of rotatable bonds is 7. The highest BCUT2D eigenvalue weighted by Crippen LogP contribution is 2.30. The molecule has 1 fully saturated rings. The molecular weight excluding hydrogens is 276 g/mol. The average molecular weight is 304 g/mol. The van der Waals surface area contributed by atoms with E-state index in [0.29, 0.717) is 18.9 Å². The van der Waals surface area contributed by atoms with Gasteiger partial charge in [-0.3, -0.25) is 4.68 Å². The fourth-order valence-electron chi connectivity index (χ4n) is 3.44. The van der Waals surface area contributed by atoms with Crippen LogP contribution >= 0.6 is 0 Å². The second-order valence-electron chi connectivity index (χ2n) is 7.08. The number of hydrogen-bond donors (Lipinski definition) is 1. The van der Waals surface area contributed by atoms with Crippen LogP contribution in [0.25, 0.3) is 0 Å². The van der Waals surface area contributed by atoms with Gasteiger partial charge in [0.15, 0.2) is 0 Å². The Hall–Kier alpha value is -1.38. The molecule has 1 aromatic heterocycles. The number of piperidine rings is 1. The lowest BCUT2D eigenvalue weighted by Crippen LogP contribution is -2.39. The lowest BCUT2D eigenvalue weighted by atomic mass is 9.85. The molecule has 1 aliphatic heterocycles. The van der Waals surface area contributed by atoms with Gasteiger partial charge in [0.2, 0.25) is 0 Å². The maximum atomic E-state index is 9.11. The van der Waals surface area contributed by atoms with E-state index >= 15 is 0 Å². The maximum Gasteiger partial charge on any atom is 0.0644 e. The number of hydrogen-bond acceptors (Lipinski definition) is 4. The van der Waals surface area contributed by atoms with Crippen molar-refractivity contribution in [3.63, 3.8) is 0 Å². The predicted molar refractivity (Wildman–Crippen MR) is 86.4 cm³/mol. The Morgan fingerprint density at radius 3 is 2.77 bits per heavy atom. The molecule has 5 heteroatoms. The van der Waals surface area contributed by atoms with Crippen molar-refractivity contribution in [2.45, 2.75) is 52.0 Å². The van der Waals surface area contributed by atoms with Crippen molar-refractivity contribution < 1.29 is 5.11 Å². The highest BCUT2D eigenvalue weighted by atomic mass is 16.3. The number of likely N-dealkylation sites (tertiary alicyclic amines) is 1. The largest absolute Gasteiger partial charge is 0.394 e. The number of aromatic nitrogens is 2. The van der Waals surface area contributed by atoms with Crippen LogP contribution in [0.1, 0.15) is 51.1 Å². The van der Waals surface area contributed by atoms with Crippen molar-refractivity contribution in [3.05, 3.63) is 18.0 Å². The van der Waals surface area contributed by atoms with Gasteiger partial charge in [-0.05, 0) is 43.8 Å². The van der Waals surface area contributed by atoms with Crippen LogP contribution in [0.5, 0.6) is 0 Å². The Balaban J connectivity index is 1.85. The van der Waals surface area contributed by atoms with Crippen molar-refractivity contribution >= 4 is 0 Å². The van der Waals surface area contributed by atoms with E-state index in [9.17, 15) is 0 Å². The van der Waals surface area contributed by atoms with Gasteiger partial charge in [0.05, 0.1) is 19.2 Å². The Morgan fingerprint density at radius 2 is 2.14 bits per heavy atom. The molecule has 0 aromatic carbocycles. The zero-order valence-electron chi connectivity index (χ0n) is 13.8. The summed E-state index contributed by atoms with van der Waals surface area (Å²) in [4.78, 5) is 2.53. The van der Waals surface area contributed by atoms with Gasteiger partial charge < -0.3 is 10.0 Å². The van der Waals surface area contributed by atoms with E-state index < -0.39 is 0 Å². The van der Waals surface area contributed by atoms with Crippen molar-refractivity contribution in [2.75, 3.05) is 26.2 Å². The van der Waals surface area contributed by atoms with Crippen LogP contribution in [-0.4, -0.2) is 46.0 Å². The first-order valence-electron chi connectivity index (χ1n) is 8.27. The fraction of sp³-hybridized carbons (Fsp3) is 0.765. The molecule has 0 atom stereocenters. The zero-order valence-corrected chi connectivity index (χ0v) is 13.8. The molecule has 22 heavy (non-hydrogen) atoms. The minimum Gasteiger partial charge on any atom is -0.394 e. The van der Waals surface area contributed by atoms with Crippen LogP contribution in [0, 0.1) is 16.7 Å². The minimum absolute atomic E-state index is 0.139. The third-order valence-corrected chi connectivity index (χ3v) is 4.63. The van der Waals surface area contributed by atoms with Crippen molar-refractivity contribution in [3.8, 4) is 6.07 Å². The maximum absolute atomic E-state index is 9.11. The normalized spacial score (nSPS) is 17.5. The molecule has 2 rings (SSSR count). The molecule has 0 amide bonds. The first-order valence-corrected chi connectivity index (χ1v) is 8.27. The van der Waals surface area contributed by atoms with Gasteiger partial charge in [0.25, 0.3) is 0 Å². The van der Waals surface area contributed by atoms with E-state index in [4.69, 9.17) is 10.4 Å². The second-order valence-corrected chi connectivity index (χ2v) is 7.08. The van der Waals surface area contributed by atoms with E-state index in [0.717, 1.165) is 38.9 Å². The van der Waals surface area contributed by atoms with Gasteiger partial charge in [0, 0.05) is 30.8 Å². The summed E-state index contributed by atoms with van der Waals surface area (Å²) in [6.07, 6.45) is 5.73. The Kier molecular flexibility index (Phi) is 5.98. The van der Waals surface area contributed by atoms with Gasteiger partial charge in [-0.25, -0.2) is 0 Å². The molecule has 122 valence electrons. The van der Waals surface area contributed by atoms with Crippen LogP contribution in [0.2, 0.25) is 0 Å². The molecule has 1 aromatic rings. The molecule has 0 spiro atoms. The monoisotopic (exact) mass is 304 g/mol. The van der Waals surface area contributed by atoms with Crippen molar-refractivity contribution in [1.82, 2.24) is 14.7 Å². The third-order valence-electron chi connectivity index (χ3n) is 4.63. The number of nitriles is 1. The summed E-state index contributed by atoms with van der Waals surface area (Å²) in [5.41, 5.74) is 1.47. The molecule has 0 radical (unpaired) electrons. The molecular formula is C17H28N4O. The lowest BCUT2D eigenvalue weighted by Gasteiger charge is -2.37. The van der Waals surface area contributed by atoms with Gasteiger partial charge >= 0.3 is 0 Å². The quantitative estimate of drug-likeness (QED) is 0.840. The van der Waals surface area contributed by atoms with Gasteiger partial charge in [-0.1, -0.05) is 13.8 Å². The third kappa shape index (κ3) is 4.56. The van der Waals surface area contributed by atoms with Gasteiger partial charge in [-0.2, -0.15) is 10.4 Å². The fourth-order valence-corrected chi connectivity index (χ4v) is 3.44. The van der Waals surface area contributed by atoms with Crippen molar-refractivity contribution in [1.29, 1.82) is 5.26 Å². The second kappa shape index (κ2) is 7.75. The SMILES string of the molecule is CC(C)(CCC#N)CN1CCC(c2ccnn2CCO)CC1. The molecule has 0 unspecified atom stereocenters. The summed E-state index contributed by atoms with van der Waals surface area (Å²) in [6, 6.07) is 4.35. The van der Waals surface area contributed by atoms with Gasteiger partial charge in [0.1, 0.15) is 0 Å². The summed E-state index contributed by atoms with van der Waals surface area (Å²) in [6.45, 7) is 8.51. The lowest BCUT2D eigenvalue weighted by molar-refractivity contribution is 0.136. The summed E-state index contributed by atoms with van der Waals surface area (Å²) in [7, 11) is 0. The standard InChI is InChI=1S/C17H28N4O/c1-17(2,7-3-8-18)14-20-10-5-15(6-11-20)16-4-9-19-21(16)12-13-22/h4,9,15,22H,3,5-7,10-14H2,1-2H3. The number of aliphatic hydroxyl groups excluding tert-OH is 1. The van der Waals surface area contributed by atoms with Crippen LogP contribution in [-0.2, 0) is 6.54 Å². The molecule has 0 aliphatic carbocycles. The highest BCUT2D eigenvalue weighted by molar-refractivity contribution is 5.09. The number of nitrogens with zero attached hydrogens (tertiary/aromatic N) is 4. The van der Waals surface area contributed by atoms with E-state index in [2.05, 4.69) is 36.0 Å². The summed E-state index contributed by atoms with van der Waals surface area (Å²) >= 11 is 0. The molecule has 0 bridgehead atoms. The van der Waals surface area contributed by atoms with E-state index in [1.54, 1.807) is 0 Å². The zero-order chi connectivity index (χ0) is 16.0. The summed E-state index contributed by atoms with van der Waals surface area (Å²) in [5, 5.41) is 22.2. The van der Waals surface area contributed by atoms with Crippen LogP contribution in [0.4, 0.5) is 0 Å². The Morgan fingerprint density at radius 1 is 1.41 bits per heavy atom. The first kappa shape index (κ1) is 17.0. The van der Waals surface area contributed by atoms with Gasteiger partial charge in [-0.15, -0.1) is 0 Å². The van der Waals surface area contributed by atoms with Crippen LogP contribution in [0.15, 0.2) is 12.3 Å². The van der Waals surface area contributed by atoms with Crippen LogP contribution < -0.4 is 0 Å². The Labute approximate surface area is 133 Å². The minimum atomic E-state index is 0.139. The summed E-state index contributed by atoms with van der Waals surface area (Å²) < 4.78 is 1.94. The Bertz CT molecular complexity index is 495. The average Bonchev–Trinajstić information content (AvgIpc) is 2.94. The van der Waals surface area contributed by atoms with Crippen molar-refractivity contribution in [2.24, 2.45) is 5.41 Å². The van der Waals surface area contributed by atoms with E-state index in [1.807, 2.05) is 10.9 Å². The summed E-state index contributed by atoms with van der Waals surface area (Å²) in [5.74, 6) is 0.549. The highest BCUT2D eigenvalue weighted by Gasteiger charge is 2.27. The first-order chi connectivity index (χ1) is 10.6. The molecule has 1 saturated heterocycles. The molecule has 0 saturated carbocycles. The smallest absolute Gasteiger partial charge is 0.0644 e.